The Morgan fingerprint density at radius 1 is 1.00 bits per heavy atom. The summed E-state index contributed by atoms with van der Waals surface area (Å²) in [6.45, 7) is 6.92. The topological polar surface area (TPSA) is 65.0 Å². The number of aromatic carboxylic acids is 1. The second-order valence-electron chi connectivity index (χ2n) is 6.61. The standard InChI is InChI=1S/C20H24O5/c1-20(2,3)16-7-5-6-8-17(16)24-11-12-25-18-13-14(23-4)9-10-15(18)19(21)22/h5-10,13H,11-12H2,1-4H3,(H,21,22). The van der Waals surface area contributed by atoms with E-state index in [2.05, 4.69) is 20.8 Å². The van der Waals surface area contributed by atoms with Gasteiger partial charge in [-0.2, -0.15) is 0 Å². The van der Waals surface area contributed by atoms with Crippen LogP contribution in [0.1, 0.15) is 36.7 Å². The van der Waals surface area contributed by atoms with E-state index in [9.17, 15) is 9.90 Å². The quantitative estimate of drug-likeness (QED) is 0.765. The van der Waals surface area contributed by atoms with E-state index in [0.29, 0.717) is 12.4 Å². The van der Waals surface area contributed by atoms with Crippen LogP contribution in [-0.4, -0.2) is 31.4 Å². The van der Waals surface area contributed by atoms with Crippen LogP contribution in [0.5, 0.6) is 17.2 Å². The van der Waals surface area contributed by atoms with E-state index in [1.54, 1.807) is 12.1 Å². The van der Waals surface area contributed by atoms with E-state index in [-0.39, 0.29) is 23.3 Å². The summed E-state index contributed by atoms with van der Waals surface area (Å²) in [5.74, 6) is 0.568. The molecule has 0 unspecified atom stereocenters. The maximum absolute atomic E-state index is 11.3. The first-order valence-corrected chi connectivity index (χ1v) is 8.09. The minimum Gasteiger partial charge on any atom is -0.497 e. The third-order valence-electron chi connectivity index (χ3n) is 3.71. The number of hydrogen-bond donors (Lipinski definition) is 1. The van der Waals surface area contributed by atoms with Crippen LogP contribution in [0.4, 0.5) is 0 Å². The predicted octanol–water partition coefficient (Wildman–Crippen LogP) is 4.15. The van der Waals surface area contributed by atoms with Crippen LogP contribution in [0.25, 0.3) is 0 Å². The van der Waals surface area contributed by atoms with Gasteiger partial charge < -0.3 is 19.3 Å². The molecule has 0 spiro atoms. The molecule has 0 heterocycles. The Kier molecular flexibility index (Phi) is 5.91. The molecular weight excluding hydrogens is 320 g/mol. The largest absolute Gasteiger partial charge is 0.497 e. The number of carboxylic acids is 1. The van der Waals surface area contributed by atoms with Gasteiger partial charge in [-0.05, 0) is 29.2 Å². The summed E-state index contributed by atoms with van der Waals surface area (Å²) in [6, 6.07) is 12.5. The summed E-state index contributed by atoms with van der Waals surface area (Å²) < 4.78 is 16.6. The van der Waals surface area contributed by atoms with Gasteiger partial charge in [-0.3, -0.25) is 0 Å². The number of benzene rings is 2. The fraction of sp³-hybridized carbons (Fsp3) is 0.350. The van der Waals surface area contributed by atoms with E-state index in [1.165, 1.54) is 13.2 Å². The molecule has 0 saturated heterocycles. The molecule has 0 saturated carbocycles. The van der Waals surface area contributed by atoms with Crippen molar-refractivity contribution >= 4 is 5.97 Å². The van der Waals surface area contributed by atoms with Crippen molar-refractivity contribution in [3.8, 4) is 17.2 Å². The van der Waals surface area contributed by atoms with Gasteiger partial charge in [-0.15, -0.1) is 0 Å². The van der Waals surface area contributed by atoms with Gasteiger partial charge in [0.05, 0.1) is 7.11 Å². The Hall–Kier alpha value is -2.69. The lowest BCUT2D eigenvalue weighted by molar-refractivity contribution is 0.0691. The maximum atomic E-state index is 11.3. The Balaban J connectivity index is 2.02. The summed E-state index contributed by atoms with van der Waals surface area (Å²) in [4.78, 5) is 11.3. The third-order valence-corrected chi connectivity index (χ3v) is 3.71. The monoisotopic (exact) mass is 344 g/mol. The zero-order valence-electron chi connectivity index (χ0n) is 15.0. The highest BCUT2D eigenvalue weighted by Gasteiger charge is 2.18. The summed E-state index contributed by atoms with van der Waals surface area (Å²) >= 11 is 0. The van der Waals surface area contributed by atoms with Crippen molar-refractivity contribution in [3.05, 3.63) is 53.6 Å². The molecule has 0 aromatic heterocycles. The van der Waals surface area contributed by atoms with Crippen molar-refractivity contribution < 1.29 is 24.1 Å². The lowest BCUT2D eigenvalue weighted by atomic mass is 9.86. The Labute approximate surface area is 148 Å². The Morgan fingerprint density at radius 2 is 1.64 bits per heavy atom. The maximum Gasteiger partial charge on any atom is 0.339 e. The number of ether oxygens (including phenoxy) is 3. The highest BCUT2D eigenvalue weighted by Crippen LogP contribution is 2.31. The van der Waals surface area contributed by atoms with Crippen molar-refractivity contribution in [2.45, 2.75) is 26.2 Å². The molecule has 0 aliphatic carbocycles. The number of hydrogen-bond acceptors (Lipinski definition) is 4. The molecule has 0 aliphatic rings. The fourth-order valence-electron chi connectivity index (χ4n) is 2.44. The number of carbonyl (C=O) groups is 1. The van der Waals surface area contributed by atoms with Crippen LogP contribution < -0.4 is 14.2 Å². The first-order valence-electron chi connectivity index (χ1n) is 8.09. The zero-order valence-corrected chi connectivity index (χ0v) is 15.0. The third kappa shape index (κ3) is 4.89. The van der Waals surface area contributed by atoms with Crippen LogP contribution in [0.3, 0.4) is 0 Å². The van der Waals surface area contributed by atoms with Gasteiger partial charge in [0, 0.05) is 6.07 Å². The molecular formula is C20H24O5. The van der Waals surface area contributed by atoms with Crippen LogP contribution in [0.2, 0.25) is 0 Å². The van der Waals surface area contributed by atoms with Crippen LogP contribution >= 0.6 is 0 Å². The predicted molar refractivity (Wildman–Crippen MR) is 96.1 cm³/mol. The summed E-state index contributed by atoms with van der Waals surface area (Å²) in [5.41, 5.74) is 1.18. The summed E-state index contributed by atoms with van der Waals surface area (Å²) in [5, 5.41) is 9.24. The van der Waals surface area contributed by atoms with E-state index < -0.39 is 5.97 Å². The van der Waals surface area contributed by atoms with Crippen LogP contribution in [-0.2, 0) is 5.41 Å². The highest BCUT2D eigenvalue weighted by molar-refractivity contribution is 5.91. The lowest BCUT2D eigenvalue weighted by Crippen LogP contribution is -2.16. The van der Waals surface area contributed by atoms with Gasteiger partial charge >= 0.3 is 5.97 Å². The van der Waals surface area contributed by atoms with Gasteiger partial charge in [0.1, 0.15) is 36.0 Å². The number of para-hydroxylation sites is 1. The average molecular weight is 344 g/mol. The molecule has 134 valence electrons. The molecule has 0 bridgehead atoms. The first-order chi connectivity index (χ1) is 11.8. The molecule has 0 fully saturated rings. The Morgan fingerprint density at radius 3 is 2.24 bits per heavy atom. The SMILES string of the molecule is COc1ccc(C(=O)O)c(OCCOc2ccccc2C(C)(C)C)c1. The van der Waals surface area contributed by atoms with Crippen molar-refractivity contribution in [1.82, 2.24) is 0 Å². The first kappa shape index (κ1) is 18.6. The molecule has 25 heavy (non-hydrogen) atoms. The average Bonchev–Trinajstić information content (AvgIpc) is 2.57. The molecule has 0 radical (unpaired) electrons. The smallest absolute Gasteiger partial charge is 0.339 e. The Bertz CT molecular complexity index is 731. The van der Waals surface area contributed by atoms with Crippen molar-refractivity contribution in [3.63, 3.8) is 0 Å². The minimum atomic E-state index is -1.04. The number of rotatable bonds is 7. The van der Waals surface area contributed by atoms with Crippen molar-refractivity contribution in [2.24, 2.45) is 0 Å². The van der Waals surface area contributed by atoms with E-state index >= 15 is 0 Å². The molecule has 1 N–H and O–H groups in total. The normalized spacial score (nSPS) is 11.0. The molecule has 0 atom stereocenters. The second-order valence-corrected chi connectivity index (χ2v) is 6.61. The van der Waals surface area contributed by atoms with E-state index in [1.807, 2.05) is 24.3 Å². The molecule has 0 amide bonds. The van der Waals surface area contributed by atoms with Gasteiger partial charge in [-0.25, -0.2) is 4.79 Å². The van der Waals surface area contributed by atoms with Crippen LogP contribution in [0, 0.1) is 0 Å². The van der Waals surface area contributed by atoms with Gasteiger partial charge in [0.2, 0.25) is 0 Å². The number of carboxylic acid groups (broad SMARTS) is 1. The van der Waals surface area contributed by atoms with Gasteiger partial charge in [0.25, 0.3) is 0 Å². The van der Waals surface area contributed by atoms with Crippen molar-refractivity contribution in [1.29, 1.82) is 0 Å². The molecule has 2 aromatic carbocycles. The van der Waals surface area contributed by atoms with Crippen LogP contribution in [0.15, 0.2) is 42.5 Å². The molecule has 2 aromatic rings. The molecule has 0 aliphatic heterocycles. The fourth-order valence-corrected chi connectivity index (χ4v) is 2.44. The van der Waals surface area contributed by atoms with Crippen molar-refractivity contribution in [2.75, 3.05) is 20.3 Å². The van der Waals surface area contributed by atoms with E-state index in [4.69, 9.17) is 14.2 Å². The number of methoxy groups -OCH3 is 1. The van der Waals surface area contributed by atoms with Gasteiger partial charge in [0.15, 0.2) is 0 Å². The summed E-state index contributed by atoms with van der Waals surface area (Å²) in [7, 11) is 1.52. The summed E-state index contributed by atoms with van der Waals surface area (Å²) in [6.07, 6.45) is 0. The molecule has 5 nitrogen and oxygen atoms in total. The molecule has 5 heteroatoms. The highest BCUT2D eigenvalue weighted by atomic mass is 16.5. The van der Waals surface area contributed by atoms with E-state index in [0.717, 1.165) is 11.3 Å². The zero-order chi connectivity index (χ0) is 18.4. The minimum absolute atomic E-state index is 0.0271. The van der Waals surface area contributed by atoms with Gasteiger partial charge in [-0.1, -0.05) is 39.0 Å². The lowest BCUT2D eigenvalue weighted by Gasteiger charge is -2.22. The second kappa shape index (κ2) is 7.92. The molecule has 2 rings (SSSR count).